The summed E-state index contributed by atoms with van der Waals surface area (Å²) in [5, 5.41) is 2.64. The van der Waals surface area contributed by atoms with Gasteiger partial charge < -0.3 is 19.9 Å². The Bertz CT molecular complexity index is 1050. The van der Waals surface area contributed by atoms with Crippen molar-refractivity contribution in [2.45, 2.75) is 11.8 Å². The predicted molar refractivity (Wildman–Crippen MR) is 121 cm³/mol. The van der Waals surface area contributed by atoms with Gasteiger partial charge in [-0.3, -0.25) is 4.79 Å². The molecule has 1 aliphatic rings. The molecule has 172 valence electrons. The van der Waals surface area contributed by atoms with Gasteiger partial charge in [0.2, 0.25) is 5.91 Å². The molecule has 0 aromatic heterocycles. The first-order valence-corrected chi connectivity index (χ1v) is 11.7. The summed E-state index contributed by atoms with van der Waals surface area (Å²) in [6.45, 7) is 3.23. The molecule has 3 rings (SSSR count). The maximum Gasteiger partial charge on any atom is 0.334 e. The van der Waals surface area contributed by atoms with E-state index in [0.29, 0.717) is 41.9 Å². The van der Waals surface area contributed by atoms with Crippen molar-refractivity contribution in [3.63, 3.8) is 0 Å². The zero-order chi connectivity index (χ0) is 23.3. The van der Waals surface area contributed by atoms with Crippen molar-refractivity contribution in [3.05, 3.63) is 54.1 Å². The van der Waals surface area contributed by atoms with Gasteiger partial charge in [-0.25, -0.2) is 17.5 Å². The number of nitrogens with one attached hydrogen (secondary N) is 1. The van der Waals surface area contributed by atoms with Crippen molar-refractivity contribution in [2.24, 2.45) is 0 Å². The summed E-state index contributed by atoms with van der Waals surface area (Å²) < 4.78 is 32.4. The zero-order valence-corrected chi connectivity index (χ0v) is 19.3. The minimum atomic E-state index is -4.23. The van der Waals surface area contributed by atoms with E-state index in [4.69, 9.17) is 4.74 Å². The Morgan fingerprint density at radius 3 is 2.16 bits per heavy atom. The van der Waals surface area contributed by atoms with E-state index in [9.17, 15) is 18.0 Å². The number of rotatable bonds is 6. The molecule has 0 unspecified atom stereocenters. The third kappa shape index (κ3) is 5.57. The third-order valence-electron chi connectivity index (χ3n) is 5.26. The van der Waals surface area contributed by atoms with Crippen LogP contribution < -0.4 is 10.1 Å². The van der Waals surface area contributed by atoms with Gasteiger partial charge in [0.25, 0.3) is 10.0 Å². The standard InChI is InChI=1S/C22H28N4O5S/c1-17-4-10-20(11-5-17)32(29,30)26(22(28)25-14-12-24(2)13-15-25)16-21(27)23-18-6-8-19(31-3)9-7-18/h4-11H,12-16H2,1-3H3,(H,23,27). The molecule has 1 heterocycles. The van der Waals surface area contributed by atoms with Crippen LogP contribution in [0.15, 0.2) is 53.4 Å². The molecule has 32 heavy (non-hydrogen) atoms. The number of sulfonamides is 1. The lowest BCUT2D eigenvalue weighted by atomic mass is 10.2. The number of hydrogen-bond donors (Lipinski definition) is 1. The first kappa shape index (κ1) is 23.6. The highest BCUT2D eigenvalue weighted by molar-refractivity contribution is 7.89. The number of amides is 3. The lowest BCUT2D eigenvalue weighted by molar-refractivity contribution is -0.116. The molecular formula is C22H28N4O5S. The van der Waals surface area contributed by atoms with Crippen molar-refractivity contribution in [3.8, 4) is 5.75 Å². The van der Waals surface area contributed by atoms with Crippen LogP contribution in [0.2, 0.25) is 0 Å². The van der Waals surface area contributed by atoms with Gasteiger partial charge in [-0.05, 0) is 50.4 Å². The third-order valence-corrected chi connectivity index (χ3v) is 6.99. The molecule has 1 saturated heterocycles. The minimum absolute atomic E-state index is 0.0391. The summed E-state index contributed by atoms with van der Waals surface area (Å²) in [5.74, 6) is 0.00477. The SMILES string of the molecule is COc1ccc(NC(=O)CN(C(=O)N2CCN(C)CC2)S(=O)(=O)c2ccc(C)cc2)cc1. The van der Waals surface area contributed by atoms with Crippen molar-refractivity contribution >= 4 is 27.6 Å². The van der Waals surface area contributed by atoms with Crippen LogP contribution in [0.1, 0.15) is 5.56 Å². The van der Waals surface area contributed by atoms with E-state index in [-0.39, 0.29) is 4.90 Å². The average molecular weight is 461 g/mol. The van der Waals surface area contributed by atoms with Crippen molar-refractivity contribution in [2.75, 3.05) is 52.2 Å². The van der Waals surface area contributed by atoms with E-state index in [1.807, 2.05) is 14.0 Å². The van der Waals surface area contributed by atoms with E-state index >= 15 is 0 Å². The lowest BCUT2D eigenvalue weighted by Gasteiger charge is -2.35. The second-order valence-corrected chi connectivity index (χ2v) is 9.54. The maximum atomic E-state index is 13.3. The van der Waals surface area contributed by atoms with Crippen molar-refractivity contribution < 1.29 is 22.7 Å². The number of anilines is 1. The lowest BCUT2D eigenvalue weighted by Crippen LogP contribution is -2.54. The molecule has 0 aliphatic carbocycles. The number of methoxy groups -OCH3 is 1. The molecule has 9 nitrogen and oxygen atoms in total. The van der Waals surface area contributed by atoms with Crippen LogP contribution in [0, 0.1) is 6.92 Å². The number of piperazine rings is 1. The molecule has 0 radical (unpaired) electrons. The number of carbonyl (C=O) groups excluding carboxylic acids is 2. The molecule has 0 atom stereocenters. The van der Waals surface area contributed by atoms with Crippen LogP contribution in [0.25, 0.3) is 0 Å². The van der Waals surface area contributed by atoms with Crippen LogP contribution in [0.5, 0.6) is 5.75 Å². The number of urea groups is 1. The summed E-state index contributed by atoms with van der Waals surface area (Å²) in [6.07, 6.45) is 0. The molecule has 0 saturated carbocycles. The Balaban J connectivity index is 1.84. The fourth-order valence-corrected chi connectivity index (χ4v) is 4.60. The van der Waals surface area contributed by atoms with Crippen LogP contribution in [0.4, 0.5) is 10.5 Å². The Hall–Kier alpha value is -3.11. The highest BCUT2D eigenvalue weighted by Crippen LogP contribution is 2.20. The molecule has 3 amide bonds. The number of benzene rings is 2. The molecule has 0 bridgehead atoms. The highest BCUT2D eigenvalue weighted by atomic mass is 32.2. The topological polar surface area (TPSA) is 99.3 Å². The Labute approximate surface area is 188 Å². The van der Waals surface area contributed by atoms with Gasteiger partial charge in [-0.2, -0.15) is 0 Å². The van der Waals surface area contributed by atoms with Gasteiger partial charge in [0.1, 0.15) is 12.3 Å². The van der Waals surface area contributed by atoms with E-state index < -0.39 is 28.5 Å². The molecule has 1 fully saturated rings. The van der Waals surface area contributed by atoms with Gasteiger partial charge >= 0.3 is 6.03 Å². The quantitative estimate of drug-likeness (QED) is 0.708. The van der Waals surface area contributed by atoms with E-state index in [0.717, 1.165) is 5.56 Å². The molecule has 2 aromatic carbocycles. The fraction of sp³-hybridized carbons (Fsp3) is 0.364. The van der Waals surface area contributed by atoms with Gasteiger partial charge in [0.05, 0.1) is 12.0 Å². The van der Waals surface area contributed by atoms with Gasteiger partial charge in [0, 0.05) is 31.9 Å². The van der Waals surface area contributed by atoms with Crippen LogP contribution in [-0.4, -0.2) is 81.3 Å². The first-order valence-electron chi connectivity index (χ1n) is 10.2. The summed E-state index contributed by atoms with van der Waals surface area (Å²) in [7, 11) is -0.762. The molecule has 2 aromatic rings. The van der Waals surface area contributed by atoms with Crippen LogP contribution >= 0.6 is 0 Å². The summed E-state index contributed by atoms with van der Waals surface area (Å²) >= 11 is 0. The van der Waals surface area contributed by atoms with Gasteiger partial charge in [0.15, 0.2) is 0 Å². The molecule has 1 N–H and O–H groups in total. The summed E-state index contributed by atoms with van der Waals surface area (Å²) in [4.78, 5) is 29.4. The van der Waals surface area contributed by atoms with Gasteiger partial charge in [-0.1, -0.05) is 17.7 Å². The summed E-state index contributed by atoms with van der Waals surface area (Å²) in [6, 6.07) is 12.1. The second-order valence-electron chi connectivity index (χ2n) is 7.67. The van der Waals surface area contributed by atoms with Crippen LogP contribution in [-0.2, 0) is 14.8 Å². The highest BCUT2D eigenvalue weighted by Gasteiger charge is 2.35. The number of ether oxygens (including phenoxy) is 1. The number of aryl methyl sites for hydroxylation is 1. The normalized spacial score (nSPS) is 14.7. The van der Waals surface area contributed by atoms with Crippen molar-refractivity contribution in [1.29, 1.82) is 0 Å². The fourth-order valence-electron chi connectivity index (χ4n) is 3.25. The number of carbonyl (C=O) groups is 2. The average Bonchev–Trinajstić information content (AvgIpc) is 2.78. The maximum absolute atomic E-state index is 13.3. The van der Waals surface area contributed by atoms with Crippen molar-refractivity contribution in [1.82, 2.24) is 14.1 Å². The molecule has 10 heteroatoms. The van der Waals surface area contributed by atoms with E-state index in [1.54, 1.807) is 36.4 Å². The molecule has 0 spiro atoms. The van der Waals surface area contributed by atoms with Gasteiger partial charge in [-0.15, -0.1) is 0 Å². The monoisotopic (exact) mass is 460 g/mol. The predicted octanol–water partition coefficient (Wildman–Crippen LogP) is 2.00. The Morgan fingerprint density at radius 1 is 1.00 bits per heavy atom. The molecular weight excluding hydrogens is 432 g/mol. The second kappa shape index (κ2) is 10.0. The zero-order valence-electron chi connectivity index (χ0n) is 18.4. The summed E-state index contributed by atoms with van der Waals surface area (Å²) in [5.41, 5.74) is 1.36. The minimum Gasteiger partial charge on any atom is -0.497 e. The number of nitrogens with zero attached hydrogens (tertiary/aromatic N) is 3. The van der Waals surface area contributed by atoms with E-state index in [1.165, 1.54) is 24.1 Å². The Morgan fingerprint density at radius 2 is 1.59 bits per heavy atom. The number of likely N-dealkylation sites (N-methyl/N-ethyl adjacent to an activating group) is 1. The largest absolute Gasteiger partial charge is 0.497 e. The van der Waals surface area contributed by atoms with E-state index in [2.05, 4.69) is 10.2 Å². The first-order chi connectivity index (χ1) is 15.2. The number of hydrogen-bond acceptors (Lipinski definition) is 6. The Kier molecular flexibility index (Phi) is 7.37. The molecule has 1 aliphatic heterocycles. The smallest absolute Gasteiger partial charge is 0.334 e. The van der Waals surface area contributed by atoms with Crippen LogP contribution in [0.3, 0.4) is 0 Å².